The summed E-state index contributed by atoms with van der Waals surface area (Å²) in [5.41, 5.74) is 1.41. The minimum Gasteiger partial charge on any atom is -0.319 e. The van der Waals surface area contributed by atoms with Crippen LogP contribution < -0.4 is 5.32 Å². The van der Waals surface area contributed by atoms with Crippen molar-refractivity contribution in [2.45, 2.75) is 44.3 Å². The highest BCUT2D eigenvalue weighted by Gasteiger charge is 2.23. The van der Waals surface area contributed by atoms with Gasteiger partial charge in [0.05, 0.1) is 5.69 Å². The van der Waals surface area contributed by atoms with Gasteiger partial charge in [-0.25, -0.2) is 4.98 Å². The van der Waals surface area contributed by atoms with Crippen LogP contribution in [-0.4, -0.2) is 24.3 Å². The van der Waals surface area contributed by atoms with Gasteiger partial charge in [-0.15, -0.1) is 11.3 Å². The summed E-state index contributed by atoms with van der Waals surface area (Å²) in [6.45, 7) is 3.32. The molecule has 1 aromatic rings. The number of thiazole rings is 1. The van der Waals surface area contributed by atoms with Crippen LogP contribution in [0.3, 0.4) is 0 Å². The van der Waals surface area contributed by atoms with E-state index >= 15 is 0 Å². The maximum Gasteiger partial charge on any atom is 0.103 e. The van der Waals surface area contributed by atoms with Crippen LogP contribution in [0.15, 0.2) is 0 Å². The molecule has 0 radical (unpaired) electrons. The van der Waals surface area contributed by atoms with Crippen molar-refractivity contribution in [3.05, 3.63) is 15.6 Å². The Balaban J connectivity index is 2.02. The standard InChI is InChI=1S/C13H22N2S2/c1-3-7-16-9-12-15-13-10(8-14-2)5-4-6-11(13)17-12/h10,14H,3-9H2,1-2H3. The number of aromatic nitrogens is 1. The molecule has 1 aliphatic carbocycles. The van der Waals surface area contributed by atoms with Gasteiger partial charge in [-0.3, -0.25) is 0 Å². The Bertz CT molecular complexity index is 349. The number of hydrogen-bond donors (Lipinski definition) is 1. The number of rotatable bonds is 6. The van der Waals surface area contributed by atoms with E-state index in [0.717, 1.165) is 12.3 Å². The van der Waals surface area contributed by atoms with Crippen LogP contribution in [0.1, 0.15) is 47.7 Å². The summed E-state index contributed by atoms with van der Waals surface area (Å²) >= 11 is 3.97. The largest absolute Gasteiger partial charge is 0.319 e. The van der Waals surface area contributed by atoms with Crippen LogP contribution >= 0.6 is 23.1 Å². The molecule has 0 spiro atoms. The van der Waals surface area contributed by atoms with E-state index in [0.29, 0.717) is 5.92 Å². The second-order valence-corrected chi connectivity index (χ2v) is 6.89. The minimum absolute atomic E-state index is 0.657. The molecular weight excluding hydrogens is 248 g/mol. The molecule has 1 atom stereocenters. The van der Waals surface area contributed by atoms with Crippen molar-refractivity contribution in [3.63, 3.8) is 0 Å². The van der Waals surface area contributed by atoms with E-state index in [2.05, 4.69) is 12.2 Å². The van der Waals surface area contributed by atoms with E-state index in [1.54, 1.807) is 4.88 Å². The van der Waals surface area contributed by atoms with Gasteiger partial charge in [0.25, 0.3) is 0 Å². The molecule has 1 aromatic heterocycles. The summed E-state index contributed by atoms with van der Waals surface area (Å²) in [7, 11) is 2.04. The van der Waals surface area contributed by atoms with Crippen LogP contribution in [0.5, 0.6) is 0 Å². The molecule has 0 bridgehead atoms. The van der Waals surface area contributed by atoms with Gasteiger partial charge < -0.3 is 5.32 Å². The third-order valence-corrected chi connectivity index (χ3v) is 5.63. The molecule has 4 heteroatoms. The predicted octanol–water partition coefficient (Wildman–Crippen LogP) is 3.43. The van der Waals surface area contributed by atoms with Crippen LogP contribution in [0, 0.1) is 0 Å². The Hall–Kier alpha value is -0.0600. The lowest BCUT2D eigenvalue weighted by atomic mass is 9.91. The van der Waals surface area contributed by atoms with Crippen molar-refractivity contribution in [1.29, 1.82) is 0 Å². The fourth-order valence-corrected chi connectivity index (χ4v) is 4.52. The summed E-state index contributed by atoms with van der Waals surface area (Å²) in [5.74, 6) is 3.02. The molecule has 0 aromatic carbocycles. The van der Waals surface area contributed by atoms with E-state index in [1.807, 2.05) is 30.1 Å². The van der Waals surface area contributed by atoms with E-state index in [1.165, 1.54) is 42.1 Å². The molecule has 0 saturated carbocycles. The summed E-state index contributed by atoms with van der Waals surface area (Å²) in [6.07, 6.45) is 5.16. The molecule has 0 aliphatic heterocycles. The molecule has 1 aliphatic rings. The second kappa shape index (κ2) is 6.76. The molecular formula is C13H22N2S2. The number of nitrogens with one attached hydrogen (secondary N) is 1. The molecule has 1 heterocycles. The lowest BCUT2D eigenvalue weighted by molar-refractivity contribution is 0.522. The van der Waals surface area contributed by atoms with Crippen LogP contribution in [0.4, 0.5) is 0 Å². The molecule has 0 amide bonds. The first-order chi connectivity index (χ1) is 8.35. The summed E-state index contributed by atoms with van der Waals surface area (Å²) in [5, 5.41) is 4.64. The lowest BCUT2D eigenvalue weighted by Crippen LogP contribution is -2.21. The van der Waals surface area contributed by atoms with Gasteiger partial charge in [0, 0.05) is 23.1 Å². The highest BCUT2D eigenvalue weighted by atomic mass is 32.2. The van der Waals surface area contributed by atoms with Gasteiger partial charge in [-0.1, -0.05) is 6.92 Å². The number of hydrogen-bond acceptors (Lipinski definition) is 4. The third-order valence-electron chi connectivity index (χ3n) is 3.14. The fraction of sp³-hybridized carbons (Fsp3) is 0.769. The molecule has 0 fully saturated rings. The first kappa shape index (κ1) is 13.4. The topological polar surface area (TPSA) is 24.9 Å². The van der Waals surface area contributed by atoms with E-state index in [9.17, 15) is 0 Å². The fourth-order valence-electron chi connectivity index (χ4n) is 2.37. The molecule has 1 N–H and O–H groups in total. The molecule has 2 rings (SSSR count). The lowest BCUT2D eigenvalue weighted by Gasteiger charge is -2.20. The minimum atomic E-state index is 0.657. The Morgan fingerprint density at radius 1 is 1.53 bits per heavy atom. The average Bonchev–Trinajstić information content (AvgIpc) is 2.74. The zero-order valence-electron chi connectivity index (χ0n) is 10.8. The molecule has 17 heavy (non-hydrogen) atoms. The number of aryl methyl sites for hydroxylation is 1. The monoisotopic (exact) mass is 270 g/mol. The van der Waals surface area contributed by atoms with E-state index in [-0.39, 0.29) is 0 Å². The molecule has 96 valence electrons. The maximum atomic E-state index is 4.88. The number of thioether (sulfide) groups is 1. The van der Waals surface area contributed by atoms with Crippen LogP contribution in [0.2, 0.25) is 0 Å². The van der Waals surface area contributed by atoms with Gasteiger partial charge in [0.15, 0.2) is 0 Å². The number of nitrogens with zero attached hydrogens (tertiary/aromatic N) is 1. The van der Waals surface area contributed by atoms with Crippen molar-refractivity contribution < 1.29 is 0 Å². The SMILES string of the molecule is CCCSCc1nc2c(s1)CCCC2CNC. The van der Waals surface area contributed by atoms with Crippen molar-refractivity contribution in [3.8, 4) is 0 Å². The molecule has 2 nitrogen and oxygen atoms in total. The maximum absolute atomic E-state index is 4.88. The molecule has 0 saturated heterocycles. The van der Waals surface area contributed by atoms with Crippen molar-refractivity contribution >= 4 is 23.1 Å². The van der Waals surface area contributed by atoms with E-state index < -0.39 is 0 Å². The Morgan fingerprint density at radius 3 is 3.18 bits per heavy atom. The number of fused-ring (bicyclic) bond motifs is 1. The second-order valence-electron chi connectivity index (χ2n) is 4.62. The third kappa shape index (κ3) is 3.46. The Morgan fingerprint density at radius 2 is 2.41 bits per heavy atom. The zero-order valence-corrected chi connectivity index (χ0v) is 12.4. The van der Waals surface area contributed by atoms with Crippen molar-refractivity contribution in [2.75, 3.05) is 19.3 Å². The van der Waals surface area contributed by atoms with Crippen molar-refractivity contribution in [1.82, 2.24) is 10.3 Å². The predicted molar refractivity (Wildman–Crippen MR) is 78.2 cm³/mol. The van der Waals surface area contributed by atoms with Crippen molar-refractivity contribution in [2.24, 2.45) is 0 Å². The summed E-state index contributed by atoms with van der Waals surface area (Å²) in [6, 6.07) is 0. The van der Waals surface area contributed by atoms with Gasteiger partial charge in [-0.05, 0) is 38.5 Å². The van der Waals surface area contributed by atoms with Gasteiger partial charge in [-0.2, -0.15) is 11.8 Å². The quantitative estimate of drug-likeness (QED) is 0.802. The van der Waals surface area contributed by atoms with Gasteiger partial charge in [0.1, 0.15) is 5.01 Å². The van der Waals surface area contributed by atoms with Crippen LogP contribution in [0.25, 0.3) is 0 Å². The highest BCUT2D eigenvalue weighted by Crippen LogP contribution is 2.35. The Labute approximate surface area is 113 Å². The average molecular weight is 270 g/mol. The Kier molecular flexibility index (Phi) is 5.32. The van der Waals surface area contributed by atoms with Gasteiger partial charge in [0.2, 0.25) is 0 Å². The van der Waals surface area contributed by atoms with Crippen LogP contribution in [-0.2, 0) is 12.2 Å². The normalized spacial score (nSPS) is 19.3. The zero-order chi connectivity index (χ0) is 12.1. The molecule has 1 unspecified atom stereocenters. The number of likely N-dealkylation sites (N-methyl/N-ethyl adjacent to an activating group) is 1. The van der Waals surface area contributed by atoms with Gasteiger partial charge >= 0.3 is 0 Å². The summed E-state index contributed by atoms with van der Waals surface area (Å²) < 4.78 is 0. The first-order valence-electron chi connectivity index (χ1n) is 6.56. The first-order valence-corrected chi connectivity index (χ1v) is 8.53. The smallest absolute Gasteiger partial charge is 0.103 e. The summed E-state index contributed by atoms with van der Waals surface area (Å²) in [4.78, 5) is 6.44. The van der Waals surface area contributed by atoms with E-state index in [4.69, 9.17) is 4.98 Å². The highest BCUT2D eigenvalue weighted by molar-refractivity contribution is 7.98.